The van der Waals surface area contributed by atoms with Crippen molar-refractivity contribution in [1.29, 1.82) is 0 Å². The lowest BCUT2D eigenvalue weighted by molar-refractivity contribution is 0.0936. The largest absolute Gasteiger partial charge is 0.348 e. The number of benzene rings is 1. The van der Waals surface area contributed by atoms with Gasteiger partial charge in [0.05, 0.1) is 6.33 Å². The highest BCUT2D eigenvalue weighted by molar-refractivity contribution is 5.95. The van der Waals surface area contributed by atoms with Crippen molar-refractivity contribution in [2.24, 2.45) is 0 Å². The van der Waals surface area contributed by atoms with Crippen molar-refractivity contribution in [1.82, 2.24) is 14.9 Å². The van der Waals surface area contributed by atoms with E-state index in [9.17, 15) is 4.79 Å². The van der Waals surface area contributed by atoms with Crippen LogP contribution >= 0.6 is 0 Å². The molecule has 1 N–H and O–H groups in total. The molecular formula is C14H17N3O. The second-order valence-corrected chi connectivity index (χ2v) is 4.45. The van der Waals surface area contributed by atoms with Crippen molar-refractivity contribution in [2.75, 3.05) is 0 Å². The number of aromatic nitrogens is 2. The molecule has 4 heteroatoms. The Balaban J connectivity index is 1.97. The number of nitrogens with one attached hydrogen (secondary N) is 1. The van der Waals surface area contributed by atoms with Gasteiger partial charge in [-0.3, -0.25) is 4.79 Å². The van der Waals surface area contributed by atoms with E-state index in [1.165, 1.54) is 0 Å². The molecule has 0 aliphatic carbocycles. The van der Waals surface area contributed by atoms with E-state index >= 15 is 0 Å². The highest BCUT2D eigenvalue weighted by Gasteiger charge is 2.11. The van der Waals surface area contributed by atoms with Gasteiger partial charge in [-0.1, -0.05) is 18.2 Å². The number of carbonyl (C=O) groups excluding carboxylic acids is 1. The number of nitrogens with zero attached hydrogens (tertiary/aromatic N) is 2. The third-order valence-corrected chi connectivity index (χ3v) is 2.81. The zero-order valence-electron chi connectivity index (χ0n) is 10.6. The first-order valence-corrected chi connectivity index (χ1v) is 5.99. The molecule has 1 unspecified atom stereocenters. The van der Waals surface area contributed by atoms with E-state index in [0.717, 1.165) is 17.7 Å². The highest BCUT2D eigenvalue weighted by atomic mass is 16.1. The van der Waals surface area contributed by atoms with Gasteiger partial charge in [0, 0.05) is 30.5 Å². The first-order chi connectivity index (χ1) is 8.66. The molecule has 1 amide bonds. The molecule has 0 aliphatic rings. The Morgan fingerprint density at radius 2 is 2.22 bits per heavy atom. The molecule has 18 heavy (non-hydrogen) atoms. The number of imidazole rings is 1. The molecule has 94 valence electrons. The van der Waals surface area contributed by atoms with Crippen molar-refractivity contribution < 1.29 is 4.79 Å². The SMILES string of the molecule is Cc1ccccc1C(=O)NC(C)Cn1ccnc1. The van der Waals surface area contributed by atoms with E-state index in [4.69, 9.17) is 0 Å². The third-order valence-electron chi connectivity index (χ3n) is 2.81. The summed E-state index contributed by atoms with van der Waals surface area (Å²) in [4.78, 5) is 16.0. The monoisotopic (exact) mass is 243 g/mol. The number of carbonyl (C=O) groups is 1. The number of hydrogen-bond donors (Lipinski definition) is 1. The summed E-state index contributed by atoms with van der Waals surface area (Å²) in [6, 6.07) is 7.65. The minimum atomic E-state index is -0.0271. The van der Waals surface area contributed by atoms with Gasteiger partial charge in [-0.15, -0.1) is 0 Å². The number of hydrogen-bond acceptors (Lipinski definition) is 2. The fraction of sp³-hybridized carbons (Fsp3) is 0.286. The van der Waals surface area contributed by atoms with Gasteiger partial charge in [0.1, 0.15) is 0 Å². The fourth-order valence-electron chi connectivity index (χ4n) is 1.89. The smallest absolute Gasteiger partial charge is 0.251 e. The van der Waals surface area contributed by atoms with Gasteiger partial charge in [0.25, 0.3) is 5.91 Å². The lowest BCUT2D eigenvalue weighted by Crippen LogP contribution is -2.35. The van der Waals surface area contributed by atoms with Crippen LogP contribution in [0, 0.1) is 6.92 Å². The average Bonchev–Trinajstić information content (AvgIpc) is 2.82. The lowest BCUT2D eigenvalue weighted by atomic mass is 10.1. The van der Waals surface area contributed by atoms with Crippen LogP contribution in [0.2, 0.25) is 0 Å². The van der Waals surface area contributed by atoms with Crippen molar-refractivity contribution in [2.45, 2.75) is 26.4 Å². The molecule has 4 nitrogen and oxygen atoms in total. The zero-order valence-corrected chi connectivity index (χ0v) is 10.6. The molecule has 1 atom stereocenters. The standard InChI is InChI=1S/C14H17N3O/c1-11-5-3-4-6-13(11)14(18)16-12(2)9-17-8-7-15-10-17/h3-8,10,12H,9H2,1-2H3,(H,16,18). The second kappa shape index (κ2) is 5.49. The Hall–Kier alpha value is -2.10. The van der Waals surface area contributed by atoms with Gasteiger partial charge in [0.15, 0.2) is 0 Å². The average molecular weight is 243 g/mol. The summed E-state index contributed by atoms with van der Waals surface area (Å²) >= 11 is 0. The molecular weight excluding hydrogens is 226 g/mol. The van der Waals surface area contributed by atoms with E-state index in [2.05, 4.69) is 10.3 Å². The molecule has 1 heterocycles. The topological polar surface area (TPSA) is 46.9 Å². The summed E-state index contributed by atoms with van der Waals surface area (Å²) < 4.78 is 1.95. The summed E-state index contributed by atoms with van der Waals surface area (Å²) in [5, 5.41) is 2.99. The van der Waals surface area contributed by atoms with Crippen molar-refractivity contribution in [3.63, 3.8) is 0 Å². The second-order valence-electron chi connectivity index (χ2n) is 4.45. The van der Waals surface area contributed by atoms with E-state index in [0.29, 0.717) is 0 Å². The molecule has 0 saturated heterocycles. The van der Waals surface area contributed by atoms with Crippen LogP contribution in [0.15, 0.2) is 43.0 Å². The molecule has 0 aliphatic heterocycles. The first-order valence-electron chi connectivity index (χ1n) is 5.99. The maximum Gasteiger partial charge on any atom is 0.251 e. The van der Waals surface area contributed by atoms with Crippen molar-refractivity contribution in [3.8, 4) is 0 Å². The Labute approximate surface area is 107 Å². The van der Waals surface area contributed by atoms with Crippen molar-refractivity contribution >= 4 is 5.91 Å². The molecule has 0 spiro atoms. The summed E-state index contributed by atoms with van der Waals surface area (Å²) in [6.07, 6.45) is 5.36. The quantitative estimate of drug-likeness (QED) is 0.893. The Morgan fingerprint density at radius 1 is 1.44 bits per heavy atom. The molecule has 2 aromatic rings. The molecule has 0 fully saturated rings. The molecule has 2 rings (SSSR count). The van der Waals surface area contributed by atoms with Gasteiger partial charge in [0.2, 0.25) is 0 Å². The molecule has 1 aromatic carbocycles. The highest BCUT2D eigenvalue weighted by Crippen LogP contribution is 2.07. The van der Waals surface area contributed by atoms with Crippen LogP contribution in [-0.4, -0.2) is 21.5 Å². The van der Waals surface area contributed by atoms with E-state index in [-0.39, 0.29) is 11.9 Å². The van der Waals surface area contributed by atoms with Crippen LogP contribution in [0.4, 0.5) is 0 Å². The van der Waals surface area contributed by atoms with E-state index in [1.54, 1.807) is 12.5 Å². The Morgan fingerprint density at radius 3 is 2.89 bits per heavy atom. The number of rotatable bonds is 4. The maximum absolute atomic E-state index is 12.1. The molecule has 0 bridgehead atoms. The summed E-state index contributed by atoms with van der Waals surface area (Å²) in [6.45, 7) is 4.64. The maximum atomic E-state index is 12.1. The van der Waals surface area contributed by atoms with Gasteiger partial charge >= 0.3 is 0 Å². The van der Waals surface area contributed by atoms with E-state index in [1.807, 2.05) is 48.9 Å². The summed E-state index contributed by atoms with van der Waals surface area (Å²) in [5.41, 5.74) is 1.72. The Kier molecular flexibility index (Phi) is 3.77. The van der Waals surface area contributed by atoms with Crippen LogP contribution in [0.5, 0.6) is 0 Å². The molecule has 1 aromatic heterocycles. The predicted octanol–water partition coefficient (Wildman–Crippen LogP) is 2.01. The van der Waals surface area contributed by atoms with Crippen LogP contribution in [0.3, 0.4) is 0 Å². The minimum absolute atomic E-state index is 0.0271. The molecule has 0 saturated carbocycles. The van der Waals surface area contributed by atoms with Crippen LogP contribution in [0.1, 0.15) is 22.8 Å². The third kappa shape index (κ3) is 2.97. The van der Waals surface area contributed by atoms with Crippen LogP contribution in [-0.2, 0) is 6.54 Å². The van der Waals surface area contributed by atoms with Gasteiger partial charge < -0.3 is 9.88 Å². The normalized spacial score (nSPS) is 12.1. The first kappa shape index (κ1) is 12.4. The van der Waals surface area contributed by atoms with Crippen LogP contribution < -0.4 is 5.32 Å². The fourth-order valence-corrected chi connectivity index (χ4v) is 1.89. The van der Waals surface area contributed by atoms with Gasteiger partial charge in [-0.2, -0.15) is 0 Å². The Bertz CT molecular complexity index is 520. The van der Waals surface area contributed by atoms with Gasteiger partial charge in [-0.05, 0) is 25.5 Å². The van der Waals surface area contributed by atoms with Crippen molar-refractivity contribution in [3.05, 3.63) is 54.1 Å². The predicted molar refractivity (Wildman–Crippen MR) is 70.3 cm³/mol. The number of aryl methyl sites for hydroxylation is 1. The van der Waals surface area contributed by atoms with Gasteiger partial charge in [-0.25, -0.2) is 4.98 Å². The molecule has 0 radical (unpaired) electrons. The summed E-state index contributed by atoms with van der Waals surface area (Å²) in [5.74, 6) is -0.0271. The summed E-state index contributed by atoms with van der Waals surface area (Å²) in [7, 11) is 0. The van der Waals surface area contributed by atoms with E-state index < -0.39 is 0 Å². The zero-order chi connectivity index (χ0) is 13.0. The minimum Gasteiger partial charge on any atom is -0.348 e. The lowest BCUT2D eigenvalue weighted by Gasteiger charge is -2.15. The number of amides is 1. The van der Waals surface area contributed by atoms with Crippen LogP contribution in [0.25, 0.3) is 0 Å².